The van der Waals surface area contributed by atoms with Crippen LogP contribution in [0.2, 0.25) is 0 Å². The third kappa shape index (κ3) is 1.79. The molecule has 2 nitrogen and oxygen atoms in total. The molecule has 0 atom stereocenters. The lowest BCUT2D eigenvalue weighted by atomic mass is 10.0. The van der Waals surface area contributed by atoms with Crippen LogP contribution in [-0.4, -0.2) is 0 Å². The first-order valence-corrected chi connectivity index (χ1v) is 5.26. The van der Waals surface area contributed by atoms with Crippen LogP contribution in [0.15, 0.2) is 51.7 Å². The summed E-state index contributed by atoms with van der Waals surface area (Å²) in [6.45, 7) is 0. The highest BCUT2D eigenvalue weighted by molar-refractivity contribution is 5.82. The first-order chi connectivity index (χ1) is 8.33. The Bertz CT molecular complexity index is 765. The summed E-state index contributed by atoms with van der Waals surface area (Å²) in [5, 5.41) is 0.902. The third-order valence-electron chi connectivity index (χ3n) is 2.56. The summed E-state index contributed by atoms with van der Waals surface area (Å²) in [6.07, 6.45) is 7.61. The molecule has 0 fully saturated rings. The van der Waals surface area contributed by atoms with Gasteiger partial charge >= 0.3 is 5.63 Å². The summed E-state index contributed by atoms with van der Waals surface area (Å²) < 4.78 is 5.13. The van der Waals surface area contributed by atoms with Gasteiger partial charge in [-0.25, -0.2) is 4.79 Å². The standard InChI is InChI=1S/C15H8O2/c16-15-8-7-13-9-11-5-3-1-2-4-6-12(11)10-14(13)17-15/h1-3,5,7-10H/b2-1-,3-1?,5-3-,11-5?. The van der Waals surface area contributed by atoms with E-state index < -0.39 is 0 Å². The Hall–Kier alpha value is -2.53. The predicted octanol–water partition coefficient (Wildman–Crippen LogP) is 2.73. The molecule has 0 saturated carbocycles. The Morgan fingerprint density at radius 3 is 3.00 bits per heavy atom. The second kappa shape index (κ2) is 3.80. The van der Waals surface area contributed by atoms with Crippen molar-refractivity contribution in [3.63, 3.8) is 0 Å². The van der Waals surface area contributed by atoms with Crippen LogP contribution in [-0.2, 0) is 0 Å². The molecule has 2 heteroatoms. The highest BCUT2D eigenvalue weighted by Crippen LogP contribution is 2.20. The van der Waals surface area contributed by atoms with E-state index in [0.717, 1.165) is 16.5 Å². The van der Waals surface area contributed by atoms with Gasteiger partial charge < -0.3 is 4.42 Å². The fourth-order valence-corrected chi connectivity index (χ4v) is 1.76. The van der Waals surface area contributed by atoms with Crippen LogP contribution in [0.1, 0.15) is 11.1 Å². The molecule has 1 aliphatic rings. The Morgan fingerprint density at radius 2 is 2.06 bits per heavy atom. The number of allylic oxidation sites excluding steroid dienone is 3. The normalized spacial score (nSPS) is 16.2. The lowest BCUT2D eigenvalue weighted by Gasteiger charge is -2.02. The number of benzene rings is 1. The van der Waals surface area contributed by atoms with Crippen LogP contribution in [0.25, 0.3) is 17.0 Å². The summed E-state index contributed by atoms with van der Waals surface area (Å²) in [4.78, 5) is 11.1. The average Bonchev–Trinajstić information content (AvgIpc) is 2.29. The Labute approximate surface area is 97.9 Å². The minimum Gasteiger partial charge on any atom is -0.423 e. The number of rotatable bonds is 0. The summed E-state index contributed by atoms with van der Waals surface area (Å²) in [5.41, 5.74) is 2.13. The molecule has 0 N–H and O–H groups in total. The van der Waals surface area contributed by atoms with Gasteiger partial charge in [0.2, 0.25) is 0 Å². The lowest BCUT2D eigenvalue weighted by Crippen LogP contribution is -1.95. The van der Waals surface area contributed by atoms with Crippen LogP contribution in [0, 0.1) is 11.8 Å². The van der Waals surface area contributed by atoms with Gasteiger partial charge in [-0.3, -0.25) is 0 Å². The van der Waals surface area contributed by atoms with Gasteiger partial charge in [-0.2, -0.15) is 0 Å². The van der Waals surface area contributed by atoms with E-state index in [0.29, 0.717) is 5.58 Å². The molecule has 0 spiro atoms. The molecular formula is C15H8O2. The van der Waals surface area contributed by atoms with Crippen molar-refractivity contribution in [3.8, 4) is 11.8 Å². The first-order valence-electron chi connectivity index (χ1n) is 5.26. The van der Waals surface area contributed by atoms with E-state index in [9.17, 15) is 4.79 Å². The van der Waals surface area contributed by atoms with Gasteiger partial charge in [0.1, 0.15) is 5.58 Å². The van der Waals surface area contributed by atoms with E-state index in [2.05, 4.69) is 11.8 Å². The van der Waals surface area contributed by atoms with E-state index in [-0.39, 0.29) is 5.63 Å². The Kier molecular flexibility index (Phi) is 2.16. The quantitative estimate of drug-likeness (QED) is 0.504. The zero-order valence-corrected chi connectivity index (χ0v) is 8.94. The maximum absolute atomic E-state index is 11.1. The molecule has 0 bridgehead atoms. The molecule has 17 heavy (non-hydrogen) atoms. The van der Waals surface area contributed by atoms with Crippen molar-refractivity contribution >= 4 is 17.0 Å². The molecular weight excluding hydrogens is 212 g/mol. The van der Waals surface area contributed by atoms with Crippen LogP contribution < -0.4 is 5.63 Å². The lowest BCUT2D eigenvalue weighted by molar-refractivity contribution is 0.561. The molecule has 1 aromatic heterocycles. The zero-order valence-electron chi connectivity index (χ0n) is 8.94. The highest BCUT2D eigenvalue weighted by Gasteiger charge is 2.03. The van der Waals surface area contributed by atoms with Crippen molar-refractivity contribution in [1.82, 2.24) is 0 Å². The van der Waals surface area contributed by atoms with Crippen LogP contribution >= 0.6 is 0 Å². The average molecular weight is 220 g/mol. The van der Waals surface area contributed by atoms with Gasteiger partial charge in [0.15, 0.2) is 0 Å². The first kappa shape index (κ1) is 9.68. The summed E-state index contributed by atoms with van der Waals surface area (Å²) in [7, 11) is 0. The second-order valence-electron chi connectivity index (χ2n) is 3.72. The molecule has 0 saturated heterocycles. The fourth-order valence-electron chi connectivity index (χ4n) is 1.76. The SMILES string of the molecule is O=c1ccc2cc3c(cc2o1)C#C/C=C\C=C/3. The van der Waals surface area contributed by atoms with E-state index in [4.69, 9.17) is 4.42 Å². The van der Waals surface area contributed by atoms with Crippen molar-refractivity contribution in [2.45, 2.75) is 0 Å². The molecule has 3 rings (SSSR count). The van der Waals surface area contributed by atoms with Gasteiger partial charge in [0.05, 0.1) is 0 Å². The number of fused-ring (bicyclic) bond motifs is 2. The number of hydrogen-bond donors (Lipinski definition) is 0. The summed E-state index contributed by atoms with van der Waals surface area (Å²) >= 11 is 0. The molecule has 0 amide bonds. The highest BCUT2D eigenvalue weighted by atomic mass is 16.4. The van der Waals surface area contributed by atoms with Gasteiger partial charge in [0, 0.05) is 17.0 Å². The van der Waals surface area contributed by atoms with Gasteiger partial charge in [-0.15, -0.1) is 0 Å². The maximum Gasteiger partial charge on any atom is 0.336 e. The molecule has 1 aromatic carbocycles. The third-order valence-corrected chi connectivity index (χ3v) is 2.56. The van der Waals surface area contributed by atoms with Crippen LogP contribution in [0.3, 0.4) is 0 Å². The van der Waals surface area contributed by atoms with E-state index in [1.807, 2.05) is 30.4 Å². The summed E-state index contributed by atoms with van der Waals surface area (Å²) in [6, 6.07) is 6.96. The Morgan fingerprint density at radius 1 is 1.12 bits per heavy atom. The van der Waals surface area contributed by atoms with E-state index in [1.165, 1.54) is 6.07 Å². The van der Waals surface area contributed by atoms with Crippen molar-refractivity contribution < 1.29 is 4.42 Å². The topological polar surface area (TPSA) is 30.2 Å². The molecule has 0 radical (unpaired) electrons. The fraction of sp³-hybridized carbons (Fsp3) is 0. The predicted molar refractivity (Wildman–Crippen MR) is 67.5 cm³/mol. The van der Waals surface area contributed by atoms with Crippen LogP contribution in [0.5, 0.6) is 0 Å². The molecule has 80 valence electrons. The van der Waals surface area contributed by atoms with Crippen molar-refractivity contribution in [3.05, 3.63) is 64.0 Å². The second-order valence-corrected chi connectivity index (χ2v) is 3.72. The molecule has 1 heterocycles. The zero-order chi connectivity index (χ0) is 11.7. The van der Waals surface area contributed by atoms with Gasteiger partial charge in [-0.1, -0.05) is 30.1 Å². The minimum absolute atomic E-state index is 0.341. The Balaban J connectivity index is 2.36. The largest absolute Gasteiger partial charge is 0.423 e. The maximum atomic E-state index is 11.1. The molecule has 0 aliphatic heterocycles. The van der Waals surface area contributed by atoms with Gasteiger partial charge in [0.25, 0.3) is 0 Å². The van der Waals surface area contributed by atoms with Crippen LogP contribution in [0.4, 0.5) is 0 Å². The van der Waals surface area contributed by atoms with E-state index in [1.54, 1.807) is 12.1 Å². The van der Waals surface area contributed by atoms with E-state index >= 15 is 0 Å². The number of hydrogen-bond acceptors (Lipinski definition) is 2. The smallest absolute Gasteiger partial charge is 0.336 e. The monoisotopic (exact) mass is 220 g/mol. The van der Waals surface area contributed by atoms with Gasteiger partial charge in [-0.05, 0) is 29.8 Å². The summed E-state index contributed by atoms with van der Waals surface area (Å²) in [5.74, 6) is 5.95. The van der Waals surface area contributed by atoms with Crippen molar-refractivity contribution in [1.29, 1.82) is 0 Å². The molecule has 2 aromatic rings. The van der Waals surface area contributed by atoms with Crippen molar-refractivity contribution in [2.75, 3.05) is 0 Å². The molecule has 0 unspecified atom stereocenters. The minimum atomic E-state index is -0.341. The van der Waals surface area contributed by atoms with Crippen molar-refractivity contribution in [2.24, 2.45) is 0 Å². The molecule has 1 aliphatic carbocycles.